The highest BCUT2D eigenvalue weighted by Crippen LogP contribution is 2.26. The zero-order valence-corrected chi connectivity index (χ0v) is 12.1. The van der Waals surface area contributed by atoms with Crippen molar-refractivity contribution in [2.75, 3.05) is 18.4 Å². The molecular weight excluding hydrogens is 287 g/mol. The lowest BCUT2D eigenvalue weighted by atomic mass is 9.95. The molecule has 2 rings (SSSR count). The molecule has 1 aliphatic rings. The number of carbonyl (C=O) groups excluding carboxylic acids is 1. The molecule has 2 N–H and O–H groups in total. The van der Waals surface area contributed by atoms with Crippen molar-refractivity contribution in [3.8, 4) is 0 Å². The summed E-state index contributed by atoms with van der Waals surface area (Å²) in [4.78, 5) is 13.7. The van der Waals surface area contributed by atoms with E-state index in [4.69, 9.17) is 23.2 Å². The molecule has 1 fully saturated rings. The maximum absolute atomic E-state index is 12.1. The number of hydrogen-bond acceptors (Lipinski definition) is 2. The molecule has 1 heterocycles. The molecule has 0 aromatic heterocycles. The number of β-amino-alcohol motifs (C(OH)–C–C–N with tert-alkyl or cyclic N) is 1. The molecule has 1 unspecified atom stereocenters. The van der Waals surface area contributed by atoms with Gasteiger partial charge in [0.1, 0.15) is 0 Å². The van der Waals surface area contributed by atoms with E-state index in [9.17, 15) is 9.90 Å². The quantitative estimate of drug-likeness (QED) is 0.835. The summed E-state index contributed by atoms with van der Waals surface area (Å²) in [6.45, 7) is 2.68. The van der Waals surface area contributed by atoms with Crippen molar-refractivity contribution in [3.05, 3.63) is 28.2 Å². The Morgan fingerprint density at radius 3 is 2.89 bits per heavy atom. The standard InChI is InChI=1S/C13H16Cl2N2O2/c1-13(19)5-2-6-17(8-13)12(18)16-11-7-9(14)3-4-10(11)15/h3-4,7,19H,2,5-6,8H2,1H3,(H,16,18). The molecule has 4 nitrogen and oxygen atoms in total. The van der Waals surface area contributed by atoms with E-state index in [2.05, 4.69) is 5.32 Å². The molecule has 104 valence electrons. The summed E-state index contributed by atoms with van der Waals surface area (Å²) in [6.07, 6.45) is 1.48. The molecule has 2 amide bonds. The first-order valence-corrected chi connectivity index (χ1v) is 6.86. The van der Waals surface area contributed by atoms with Gasteiger partial charge in [-0.2, -0.15) is 0 Å². The van der Waals surface area contributed by atoms with Crippen molar-refractivity contribution in [2.45, 2.75) is 25.4 Å². The van der Waals surface area contributed by atoms with Crippen molar-refractivity contribution in [2.24, 2.45) is 0 Å². The van der Waals surface area contributed by atoms with Crippen molar-refractivity contribution >= 4 is 34.9 Å². The first-order chi connectivity index (χ1) is 8.87. The Bertz CT molecular complexity index is 492. The molecule has 0 saturated carbocycles. The van der Waals surface area contributed by atoms with E-state index >= 15 is 0 Å². The monoisotopic (exact) mass is 302 g/mol. The molecule has 0 radical (unpaired) electrons. The second-order valence-electron chi connectivity index (χ2n) is 5.08. The van der Waals surface area contributed by atoms with Gasteiger partial charge in [0, 0.05) is 11.6 Å². The maximum Gasteiger partial charge on any atom is 0.321 e. The van der Waals surface area contributed by atoms with Gasteiger partial charge in [0.05, 0.1) is 22.9 Å². The van der Waals surface area contributed by atoms with Crippen LogP contribution in [0.15, 0.2) is 18.2 Å². The van der Waals surface area contributed by atoms with E-state index in [1.165, 1.54) is 0 Å². The van der Waals surface area contributed by atoms with Gasteiger partial charge in [0.25, 0.3) is 0 Å². The van der Waals surface area contributed by atoms with Gasteiger partial charge in [-0.25, -0.2) is 4.79 Å². The van der Waals surface area contributed by atoms with Crippen LogP contribution in [0.2, 0.25) is 10.0 Å². The number of halogens is 2. The number of nitrogens with one attached hydrogen (secondary N) is 1. The zero-order chi connectivity index (χ0) is 14.0. The maximum atomic E-state index is 12.1. The number of urea groups is 1. The van der Waals surface area contributed by atoms with Gasteiger partial charge in [-0.1, -0.05) is 23.2 Å². The van der Waals surface area contributed by atoms with E-state index < -0.39 is 5.60 Å². The molecule has 0 bridgehead atoms. The van der Waals surface area contributed by atoms with Crippen LogP contribution in [-0.4, -0.2) is 34.7 Å². The minimum Gasteiger partial charge on any atom is -0.388 e. The highest BCUT2D eigenvalue weighted by molar-refractivity contribution is 6.35. The van der Waals surface area contributed by atoms with E-state index in [0.29, 0.717) is 35.2 Å². The fraction of sp³-hybridized carbons (Fsp3) is 0.462. The number of hydrogen-bond donors (Lipinski definition) is 2. The van der Waals surface area contributed by atoms with Gasteiger partial charge in [-0.15, -0.1) is 0 Å². The predicted molar refractivity (Wildman–Crippen MR) is 76.9 cm³/mol. The number of carbonyl (C=O) groups is 1. The van der Waals surface area contributed by atoms with Gasteiger partial charge < -0.3 is 15.3 Å². The Kier molecular flexibility index (Phi) is 4.23. The van der Waals surface area contributed by atoms with Crippen LogP contribution in [0.4, 0.5) is 10.5 Å². The average molecular weight is 303 g/mol. The number of anilines is 1. The molecule has 1 aromatic carbocycles. The van der Waals surface area contributed by atoms with Gasteiger partial charge in [-0.05, 0) is 38.0 Å². The third kappa shape index (κ3) is 3.75. The molecule has 1 aromatic rings. The molecule has 1 atom stereocenters. The first-order valence-electron chi connectivity index (χ1n) is 6.11. The SMILES string of the molecule is CC1(O)CCCN(C(=O)Nc2cc(Cl)ccc2Cl)C1. The smallest absolute Gasteiger partial charge is 0.321 e. The lowest BCUT2D eigenvalue weighted by Crippen LogP contribution is -2.49. The fourth-order valence-corrected chi connectivity index (χ4v) is 2.52. The van der Waals surface area contributed by atoms with Crippen molar-refractivity contribution in [1.82, 2.24) is 4.90 Å². The molecule has 1 aliphatic heterocycles. The molecule has 6 heteroatoms. The Labute approximate surface area is 122 Å². The Morgan fingerprint density at radius 2 is 2.21 bits per heavy atom. The first kappa shape index (κ1) is 14.4. The molecule has 19 heavy (non-hydrogen) atoms. The summed E-state index contributed by atoms with van der Waals surface area (Å²) in [5, 5.41) is 13.6. The van der Waals surface area contributed by atoms with Crippen LogP contribution < -0.4 is 5.32 Å². The van der Waals surface area contributed by atoms with E-state index in [-0.39, 0.29) is 6.03 Å². The van der Waals surface area contributed by atoms with E-state index in [1.54, 1.807) is 30.0 Å². The zero-order valence-electron chi connectivity index (χ0n) is 10.6. The second-order valence-corrected chi connectivity index (χ2v) is 5.92. The summed E-state index contributed by atoms with van der Waals surface area (Å²) in [5.41, 5.74) is -0.349. The van der Waals surface area contributed by atoms with Crippen LogP contribution in [0.3, 0.4) is 0 Å². The van der Waals surface area contributed by atoms with Crippen LogP contribution in [-0.2, 0) is 0 Å². The molecule has 0 spiro atoms. The highest BCUT2D eigenvalue weighted by Gasteiger charge is 2.31. The topological polar surface area (TPSA) is 52.6 Å². The largest absolute Gasteiger partial charge is 0.388 e. The number of rotatable bonds is 1. The Hall–Kier alpha value is -0.970. The molecule has 0 aliphatic carbocycles. The molecular formula is C13H16Cl2N2O2. The number of benzene rings is 1. The van der Waals surface area contributed by atoms with Crippen LogP contribution in [0, 0.1) is 0 Å². The third-order valence-corrected chi connectivity index (χ3v) is 3.70. The number of aliphatic hydroxyl groups is 1. The average Bonchev–Trinajstić information content (AvgIpc) is 2.32. The summed E-state index contributed by atoms with van der Waals surface area (Å²) in [7, 11) is 0. The van der Waals surface area contributed by atoms with Crippen molar-refractivity contribution in [3.63, 3.8) is 0 Å². The Morgan fingerprint density at radius 1 is 1.47 bits per heavy atom. The summed E-state index contributed by atoms with van der Waals surface area (Å²) in [5.74, 6) is 0. The minimum atomic E-state index is -0.826. The number of piperidine rings is 1. The highest BCUT2D eigenvalue weighted by atomic mass is 35.5. The summed E-state index contributed by atoms with van der Waals surface area (Å²) in [6, 6.07) is 4.62. The van der Waals surface area contributed by atoms with Crippen LogP contribution in [0.5, 0.6) is 0 Å². The molecule has 1 saturated heterocycles. The number of amides is 2. The second kappa shape index (κ2) is 5.57. The summed E-state index contributed by atoms with van der Waals surface area (Å²) < 4.78 is 0. The normalized spacial score (nSPS) is 23.3. The third-order valence-electron chi connectivity index (χ3n) is 3.13. The summed E-state index contributed by atoms with van der Waals surface area (Å²) >= 11 is 11.9. The lowest BCUT2D eigenvalue weighted by Gasteiger charge is -2.36. The predicted octanol–water partition coefficient (Wildman–Crippen LogP) is 3.37. The van der Waals surface area contributed by atoms with Gasteiger partial charge in [0.15, 0.2) is 0 Å². The van der Waals surface area contributed by atoms with Crippen molar-refractivity contribution in [1.29, 1.82) is 0 Å². The Balaban J connectivity index is 2.06. The van der Waals surface area contributed by atoms with E-state index in [1.807, 2.05) is 0 Å². The van der Waals surface area contributed by atoms with Crippen LogP contribution in [0.1, 0.15) is 19.8 Å². The van der Waals surface area contributed by atoms with E-state index in [0.717, 1.165) is 6.42 Å². The van der Waals surface area contributed by atoms with Crippen molar-refractivity contribution < 1.29 is 9.90 Å². The van der Waals surface area contributed by atoms with Crippen LogP contribution in [0.25, 0.3) is 0 Å². The fourth-order valence-electron chi connectivity index (χ4n) is 2.18. The number of likely N-dealkylation sites (tertiary alicyclic amines) is 1. The van der Waals surface area contributed by atoms with Gasteiger partial charge in [-0.3, -0.25) is 0 Å². The number of nitrogens with zero attached hydrogens (tertiary/aromatic N) is 1. The van der Waals surface area contributed by atoms with Gasteiger partial charge in [0.2, 0.25) is 0 Å². The lowest BCUT2D eigenvalue weighted by molar-refractivity contribution is -0.000634. The van der Waals surface area contributed by atoms with Gasteiger partial charge >= 0.3 is 6.03 Å². The van der Waals surface area contributed by atoms with Crippen LogP contribution >= 0.6 is 23.2 Å². The minimum absolute atomic E-state index is 0.274.